The number of likely N-dealkylation sites (tertiary alicyclic amines) is 1. The second-order valence-corrected chi connectivity index (χ2v) is 5.57. The van der Waals surface area contributed by atoms with Crippen LogP contribution in [-0.2, 0) is 4.74 Å². The number of carbonyl (C=O) groups is 1. The lowest BCUT2D eigenvalue weighted by atomic mass is 9.93. The number of piperidine rings is 1. The lowest BCUT2D eigenvalue weighted by Crippen LogP contribution is -2.40. The number of rotatable bonds is 6. The van der Waals surface area contributed by atoms with Gasteiger partial charge in [-0.05, 0) is 31.6 Å². The largest absolute Gasteiger partial charge is 0.490 e. The van der Waals surface area contributed by atoms with Crippen LogP contribution in [0.3, 0.4) is 0 Å². The van der Waals surface area contributed by atoms with Crippen molar-refractivity contribution in [1.82, 2.24) is 4.90 Å². The minimum absolute atomic E-state index is 0.0725. The summed E-state index contributed by atoms with van der Waals surface area (Å²) in [6, 6.07) is 1.20. The average molecular weight is 309 g/mol. The van der Waals surface area contributed by atoms with Gasteiger partial charge in [-0.15, -0.1) is 0 Å². The number of amides is 1. The van der Waals surface area contributed by atoms with E-state index in [1.54, 1.807) is 12.0 Å². The van der Waals surface area contributed by atoms with Gasteiger partial charge in [0.25, 0.3) is 5.91 Å². The Morgan fingerprint density at radius 3 is 2.95 bits per heavy atom. The second kappa shape index (κ2) is 7.98. The van der Waals surface area contributed by atoms with Crippen LogP contribution >= 0.6 is 0 Å². The van der Waals surface area contributed by atoms with E-state index in [0.29, 0.717) is 19.0 Å². The lowest BCUT2D eigenvalue weighted by Gasteiger charge is -2.32. The molecule has 0 radical (unpaired) electrons. The van der Waals surface area contributed by atoms with Crippen LogP contribution in [0.4, 0.5) is 0 Å². The molecule has 0 unspecified atom stereocenters. The Hall–Kier alpha value is -1.82. The predicted molar refractivity (Wildman–Crippen MR) is 81.3 cm³/mol. The van der Waals surface area contributed by atoms with Crippen molar-refractivity contribution in [3.63, 3.8) is 0 Å². The number of ether oxygens (including phenoxy) is 2. The molecule has 2 rings (SSSR count). The summed E-state index contributed by atoms with van der Waals surface area (Å²) < 4.78 is 15.2. The van der Waals surface area contributed by atoms with Gasteiger partial charge in [0.1, 0.15) is 6.26 Å². The highest BCUT2D eigenvalue weighted by atomic mass is 16.5. The molecule has 1 aliphatic heterocycles. The molecular formula is C16H23NO5. The molecule has 0 aliphatic carbocycles. The first kappa shape index (κ1) is 16.5. The topological polar surface area (TPSA) is 69.0 Å². The van der Waals surface area contributed by atoms with E-state index in [1.807, 2.05) is 0 Å². The molecule has 1 fully saturated rings. The van der Waals surface area contributed by atoms with Crippen LogP contribution in [0, 0.1) is 5.92 Å². The number of hydrogen-bond acceptors (Lipinski definition) is 5. The fourth-order valence-corrected chi connectivity index (χ4v) is 2.82. The molecule has 1 aromatic rings. The van der Waals surface area contributed by atoms with Crippen molar-refractivity contribution in [2.24, 2.45) is 5.92 Å². The van der Waals surface area contributed by atoms with Crippen LogP contribution in [0.15, 0.2) is 21.5 Å². The first-order valence-corrected chi connectivity index (χ1v) is 7.60. The zero-order valence-corrected chi connectivity index (χ0v) is 13.2. The zero-order chi connectivity index (χ0) is 15.9. The summed E-state index contributed by atoms with van der Waals surface area (Å²) in [6.07, 6.45) is 5.34. The van der Waals surface area contributed by atoms with E-state index in [1.165, 1.54) is 19.4 Å². The molecule has 0 N–H and O–H groups in total. The van der Waals surface area contributed by atoms with Crippen LogP contribution in [0.25, 0.3) is 0 Å². The van der Waals surface area contributed by atoms with Gasteiger partial charge in [-0.2, -0.15) is 0 Å². The van der Waals surface area contributed by atoms with Gasteiger partial charge in [-0.3, -0.25) is 9.59 Å². The highest BCUT2D eigenvalue weighted by molar-refractivity contribution is 5.91. The van der Waals surface area contributed by atoms with E-state index >= 15 is 0 Å². The van der Waals surface area contributed by atoms with E-state index in [0.717, 1.165) is 32.3 Å². The molecule has 6 heteroatoms. The van der Waals surface area contributed by atoms with Gasteiger partial charge in [0.15, 0.2) is 5.76 Å². The number of nitrogens with zero attached hydrogens (tertiary/aromatic N) is 1. The maximum absolute atomic E-state index is 12.5. The third-order valence-corrected chi connectivity index (χ3v) is 4.00. The normalized spacial score (nSPS) is 18.3. The molecule has 1 aromatic heterocycles. The van der Waals surface area contributed by atoms with Crippen molar-refractivity contribution >= 4 is 5.91 Å². The van der Waals surface area contributed by atoms with Gasteiger partial charge in [-0.25, -0.2) is 0 Å². The van der Waals surface area contributed by atoms with Crippen molar-refractivity contribution in [2.75, 3.05) is 33.9 Å². The Bertz CT molecular complexity index is 554. The molecule has 0 spiro atoms. The van der Waals surface area contributed by atoms with Crippen LogP contribution in [-0.4, -0.2) is 44.7 Å². The molecule has 6 nitrogen and oxygen atoms in total. The highest BCUT2D eigenvalue weighted by Crippen LogP contribution is 2.22. The van der Waals surface area contributed by atoms with Gasteiger partial charge >= 0.3 is 0 Å². The SMILES string of the molecule is COCCC[C@@H]1CCCN(C(=O)c2cc(=O)c(OC)co2)C1. The van der Waals surface area contributed by atoms with Gasteiger partial charge < -0.3 is 18.8 Å². The number of carbonyl (C=O) groups excluding carboxylic acids is 1. The van der Waals surface area contributed by atoms with Gasteiger partial charge in [0, 0.05) is 32.9 Å². The van der Waals surface area contributed by atoms with Crippen LogP contribution in [0.2, 0.25) is 0 Å². The fraction of sp³-hybridized carbons (Fsp3) is 0.625. The molecule has 122 valence electrons. The summed E-state index contributed by atoms with van der Waals surface area (Å²) in [6.45, 7) is 2.16. The van der Waals surface area contributed by atoms with Crippen LogP contribution in [0.1, 0.15) is 36.2 Å². The maximum Gasteiger partial charge on any atom is 0.289 e. The molecule has 1 aliphatic rings. The average Bonchev–Trinajstić information content (AvgIpc) is 2.54. The monoisotopic (exact) mass is 309 g/mol. The zero-order valence-electron chi connectivity index (χ0n) is 13.2. The summed E-state index contributed by atoms with van der Waals surface area (Å²) in [7, 11) is 3.09. The Kier molecular flexibility index (Phi) is 6.00. The van der Waals surface area contributed by atoms with E-state index in [9.17, 15) is 9.59 Å². The van der Waals surface area contributed by atoms with Crippen LogP contribution in [0.5, 0.6) is 5.75 Å². The quantitative estimate of drug-likeness (QED) is 0.751. The molecule has 1 atom stereocenters. The smallest absolute Gasteiger partial charge is 0.289 e. The standard InChI is InChI=1S/C16H23NO5/c1-20-8-4-6-12-5-3-7-17(10-12)16(19)14-9-13(18)15(21-2)11-22-14/h9,11-12H,3-8,10H2,1-2H3/t12-/m0/s1. The van der Waals surface area contributed by atoms with E-state index in [-0.39, 0.29) is 22.8 Å². The summed E-state index contributed by atoms with van der Waals surface area (Å²) in [5, 5.41) is 0. The van der Waals surface area contributed by atoms with Crippen molar-refractivity contribution < 1.29 is 18.7 Å². The van der Waals surface area contributed by atoms with Gasteiger partial charge in [-0.1, -0.05) is 0 Å². The first-order chi connectivity index (χ1) is 10.7. The fourth-order valence-electron chi connectivity index (χ4n) is 2.82. The summed E-state index contributed by atoms with van der Waals surface area (Å²) in [5.74, 6) is 0.435. The molecule has 2 heterocycles. The predicted octanol–water partition coefficient (Wildman–Crippen LogP) is 1.93. The van der Waals surface area contributed by atoms with Crippen molar-refractivity contribution in [2.45, 2.75) is 25.7 Å². The molecule has 1 saturated heterocycles. The minimum Gasteiger partial charge on any atom is -0.490 e. The summed E-state index contributed by atoms with van der Waals surface area (Å²) in [5.41, 5.74) is -0.342. The highest BCUT2D eigenvalue weighted by Gasteiger charge is 2.26. The van der Waals surface area contributed by atoms with Crippen molar-refractivity contribution in [3.05, 3.63) is 28.3 Å². The molecule has 0 aromatic carbocycles. The van der Waals surface area contributed by atoms with Crippen LogP contribution < -0.4 is 10.2 Å². The third-order valence-electron chi connectivity index (χ3n) is 4.00. The van der Waals surface area contributed by atoms with Crippen molar-refractivity contribution in [3.8, 4) is 5.75 Å². The van der Waals surface area contributed by atoms with E-state index < -0.39 is 0 Å². The van der Waals surface area contributed by atoms with Crippen molar-refractivity contribution in [1.29, 1.82) is 0 Å². The summed E-state index contributed by atoms with van der Waals surface area (Å²) >= 11 is 0. The third kappa shape index (κ3) is 4.10. The number of hydrogen-bond donors (Lipinski definition) is 0. The molecule has 0 bridgehead atoms. The minimum atomic E-state index is -0.342. The molecule has 1 amide bonds. The van der Waals surface area contributed by atoms with Gasteiger partial charge in [0.2, 0.25) is 11.2 Å². The first-order valence-electron chi connectivity index (χ1n) is 7.60. The molecule has 22 heavy (non-hydrogen) atoms. The van der Waals surface area contributed by atoms with E-state index in [2.05, 4.69) is 0 Å². The Balaban J connectivity index is 1.99. The summed E-state index contributed by atoms with van der Waals surface area (Å²) in [4.78, 5) is 26.0. The second-order valence-electron chi connectivity index (χ2n) is 5.57. The molecular weight excluding hydrogens is 286 g/mol. The Morgan fingerprint density at radius 2 is 2.27 bits per heavy atom. The lowest BCUT2D eigenvalue weighted by molar-refractivity contribution is 0.0625. The Labute approximate surface area is 130 Å². The maximum atomic E-state index is 12.5. The van der Waals surface area contributed by atoms with E-state index in [4.69, 9.17) is 13.9 Å². The molecule has 0 saturated carbocycles. The van der Waals surface area contributed by atoms with Gasteiger partial charge in [0.05, 0.1) is 7.11 Å². The number of methoxy groups -OCH3 is 2. The Morgan fingerprint density at radius 1 is 1.45 bits per heavy atom.